The molecule has 1 aliphatic carbocycles. The van der Waals surface area contributed by atoms with Crippen LogP contribution < -0.4 is 0 Å². The van der Waals surface area contributed by atoms with E-state index in [1.165, 1.54) is 19.3 Å². The van der Waals surface area contributed by atoms with E-state index in [2.05, 4.69) is 13.0 Å². The Labute approximate surface area is 105 Å². The highest BCUT2D eigenvalue weighted by molar-refractivity contribution is 5.79. The zero-order valence-electron chi connectivity index (χ0n) is 11.3. The molecule has 1 saturated carbocycles. The maximum atomic E-state index is 12.3. The Morgan fingerprint density at radius 1 is 1.35 bits per heavy atom. The Kier molecular flexibility index (Phi) is 5.47. The summed E-state index contributed by atoms with van der Waals surface area (Å²) in [6, 6.07) is 2.22. The summed E-state index contributed by atoms with van der Waals surface area (Å²) in [4.78, 5) is 14.0. The van der Waals surface area contributed by atoms with E-state index in [9.17, 15) is 4.79 Å². The van der Waals surface area contributed by atoms with Gasteiger partial charge in [-0.1, -0.05) is 13.3 Å². The first-order valence-electron chi connectivity index (χ1n) is 6.77. The highest BCUT2D eigenvalue weighted by Crippen LogP contribution is 2.31. The minimum absolute atomic E-state index is 0.131. The van der Waals surface area contributed by atoms with Crippen molar-refractivity contribution in [2.75, 3.05) is 6.54 Å². The van der Waals surface area contributed by atoms with Gasteiger partial charge < -0.3 is 4.90 Å². The van der Waals surface area contributed by atoms with Gasteiger partial charge in [0.2, 0.25) is 5.91 Å². The molecular formula is C14H24N2O. The molecule has 0 aliphatic heterocycles. The molecule has 0 radical (unpaired) electrons. The third kappa shape index (κ3) is 3.73. The highest BCUT2D eigenvalue weighted by atomic mass is 16.2. The second-order valence-electron chi connectivity index (χ2n) is 5.34. The second kappa shape index (κ2) is 6.64. The van der Waals surface area contributed by atoms with Crippen molar-refractivity contribution in [2.24, 2.45) is 11.8 Å². The average Bonchev–Trinajstić information content (AvgIpc) is 2.35. The van der Waals surface area contributed by atoms with Crippen molar-refractivity contribution in [3.63, 3.8) is 0 Å². The first-order chi connectivity index (χ1) is 8.10. The van der Waals surface area contributed by atoms with Crippen LogP contribution in [0, 0.1) is 23.2 Å². The van der Waals surface area contributed by atoms with Crippen LogP contribution in [0.25, 0.3) is 0 Å². The van der Waals surface area contributed by atoms with Gasteiger partial charge in [-0.25, -0.2) is 0 Å². The lowest BCUT2D eigenvalue weighted by atomic mass is 9.80. The van der Waals surface area contributed by atoms with Crippen LogP contribution in [0.4, 0.5) is 0 Å². The van der Waals surface area contributed by atoms with Crippen LogP contribution in [0.2, 0.25) is 0 Å². The van der Waals surface area contributed by atoms with Gasteiger partial charge in [0.05, 0.1) is 6.07 Å². The van der Waals surface area contributed by atoms with Gasteiger partial charge in [-0.3, -0.25) is 4.79 Å². The largest absolute Gasteiger partial charge is 0.327 e. The Morgan fingerprint density at radius 3 is 2.35 bits per heavy atom. The molecule has 0 bridgehead atoms. The maximum Gasteiger partial charge on any atom is 0.226 e. The summed E-state index contributed by atoms with van der Waals surface area (Å²) in [6.07, 6.45) is 5.59. The third-order valence-electron chi connectivity index (χ3n) is 3.92. The summed E-state index contributed by atoms with van der Waals surface area (Å²) < 4.78 is 0. The van der Waals surface area contributed by atoms with Gasteiger partial charge in [-0.2, -0.15) is 5.26 Å². The number of hydrogen-bond acceptors (Lipinski definition) is 2. The van der Waals surface area contributed by atoms with Crippen LogP contribution in [-0.4, -0.2) is 23.4 Å². The molecule has 1 amide bonds. The van der Waals surface area contributed by atoms with Gasteiger partial charge in [-0.05, 0) is 45.4 Å². The van der Waals surface area contributed by atoms with Gasteiger partial charge in [0, 0.05) is 12.0 Å². The van der Waals surface area contributed by atoms with Crippen LogP contribution in [0.5, 0.6) is 0 Å². The lowest BCUT2D eigenvalue weighted by molar-refractivity contribution is -0.137. The Morgan fingerprint density at radius 2 is 1.94 bits per heavy atom. The van der Waals surface area contributed by atoms with Crippen LogP contribution >= 0.6 is 0 Å². The molecule has 1 fully saturated rings. The SMILES string of the molecule is CCC1CCC(C(=O)N(CC#N)C(C)C)CC1. The monoisotopic (exact) mass is 236 g/mol. The van der Waals surface area contributed by atoms with Crippen LogP contribution in [0.15, 0.2) is 0 Å². The summed E-state index contributed by atoms with van der Waals surface area (Å²) in [5.74, 6) is 1.16. The number of amides is 1. The standard InChI is InChI=1S/C14H24N2O/c1-4-12-5-7-13(8-6-12)14(17)16(10-9-15)11(2)3/h11-13H,4-8,10H2,1-3H3. The second-order valence-corrected chi connectivity index (χ2v) is 5.34. The minimum Gasteiger partial charge on any atom is -0.327 e. The lowest BCUT2D eigenvalue weighted by Gasteiger charge is -2.32. The van der Waals surface area contributed by atoms with Gasteiger partial charge in [0.1, 0.15) is 6.54 Å². The number of hydrogen-bond donors (Lipinski definition) is 0. The van der Waals surface area contributed by atoms with Crippen molar-refractivity contribution in [1.82, 2.24) is 4.90 Å². The molecule has 1 aliphatic rings. The fourth-order valence-electron chi connectivity index (χ4n) is 2.64. The van der Waals surface area contributed by atoms with Crippen LogP contribution in [0.3, 0.4) is 0 Å². The van der Waals surface area contributed by atoms with Crippen molar-refractivity contribution in [3.05, 3.63) is 0 Å². The molecule has 0 aromatic heterocycles. The molecule has 96 valence electrons. The minimum atomic E-state index is 0.131. The van der Waals surface area contributed by atoms with E-state index >= 15 is 0 Å². The molecule has 17 heavy (non-hydrogen) atoms. The molecule has 3 nitrogen and oxygen atoms in total. The number of nitriles is 1. The lowest BCUT2D eigenvalue weighted by Crippen LogP contribution is -2.42. The topological polar surface area (TPSA) is 44.1 Å². The molecule has 0 atom stereocenters. The normalized spacial score (nSPS) is 24.4. The van der Waals surface area contributed by atoms with Gasteiger partial charge >= 0.3 is 0 Å². The van der Waals surface area contributed by atoms with Crippen LogP contribution in [0.1, 0.15) is 52.9 Å². The van der Waals surface area contributed by atoms with Crippen molar-refractivity contribution in [1.29, 1.82) is 5.26 Å². The van der Waals surface area contributed by atoms with E-state index in [1.54, 1.807) is 4.90 Å². The van der Waals surface area contributed by atoms with E-state index in [0.717, 1.165) is 18.8 Å². The number of rotatable bonds is 4. The smallest absolute Gasteiger partial charge is 0.226 e. The summed E-state index contributed by atoms with van der Waals surface area (Å²) in [5.41, 5.74) is 0. The summed E-state index contributed by atoms with van der Waals surface area (Å²) in [5, 5.41) is 8.77. The quantitative estimate of drug-likeness (QED) is 0.704. The molecule has 0 N–H and O–H groups in total. The van der Waals surface area contributed by atoms with E-state index in [0.29, 0.717) is 0 Å². The molecule has 0 saturated heterocycles. The zero-order chi connectivity index (χ0) is 12.8. The fraction of sp³-hybridized carbons (Fsp3) is 0.857. The number of carbonyl (C=O) groups is 1. The van der Waals surface area contributed by atoms with Crippen molar-refractivity contribution < 1.29 is 4.79 Å². The third-order valence-corrected chi connectivity index (χ3v) is 3.92. The zero-order valence-corrected chi connectivity index (χ0v) is 11.3. The molecule has 0 heterocycles. The summed E-state index contributed by atoms with van der Waals surface area (Å²) >= 11 is 0. The highest BCUT2D eigenvalue weighted by Gasteiger charge is 2.29. The van der Waals surface area contributed by atoms with Crippen molar-refractivity contribution in [2.45, 2.75) is 58.9 Å². The fourth-order valence-corrected chi connectivity index (χ4v) is 2.64. The van der Waals surface area contributed by atoms with Gasteiger partial charge in [0.25, 0.3) is 0 Å². The Hall–Kier alpha value is -1.04. The summed E-state index contributed by atoms with van der Waals surface area (Å²) in [6.45, 7) is 6.41. The first-order valence-corrected chi connectivity index (χ1v) is 6.77. The molecule has 0 aromatic rings. The van der Waals surface area contributed by atoms with E-state index in [4.69, 9.17) is 5.26 Å². The average molecular weight is 236 g/mol. The molecule has 0 unspecified atom stereocenters. The van der Waals surface area contributed by atoms with E-state index in [1.807, 2.05) is 13.8 Å². The van der Waals surface area contributed by atoms with Crippen molar-refractivity contribution >= 4 is 5.91 Å². The molecule has 3 heteroatoms. The number of carbonyl (C=O) groups excluding carboxylic acids is 1. The number of nitrogens with zero attached hydrogens (tertiary/aromatic N) is 2. The molecule has 0 spiro atoms. The van der Waals surface area contributed by atoms with E-state index < -0.39 is 0 Å². The van der Waals surface area contributed by atoms with E-state index in [-0.39, 0.29) is 24.4 Å². The summed E-state index contributed by atoms with van der Waals surface area (Å²) in [7, 11) is 0. The van der Waals surface area contributed by atoms with Crippen LogP contribution in [-0.2, 0) is 4.79 Å². The maximum absolute atomic E-state index is 12.3. The molecular weight excluding hydrogens is 212 g/mol. The Bertz CT molecular complexity index is 285. The Balaban J connectivity index is 2.55. The molecule has 1 rings (SSSR count). The van der Waals surface area contributed by atoms with Gasteiger partial charge in [-0.15, -0.1) is 0 Å². The van der Waals surface area contributed by atoms with Crippen molar-refractivity contribution in [3.8, 4) is 6.07 Å². The predicted octanol–water partition coefficient (Wildman–Crippen LogP) is 2.96. The predicted molar refractivity (Wildman–Crippen MR) is 68.2 cm³/mol. The molecule has 0 aromatic carbocycles. The van der Waals surface area contributed by atoms with Gasteiger partial charge in [0.15, 0.2) is 0 Å². The first kappa shape index (κ1) is 14.0.